The predicted octanol–water partition coefficient (Wildman–Crippen LogP) is 4.29. The molecule has 0 N–H and O–H groups in total. The molecule has 0 radical (unpaired) electrons. The molecule has 1 atom stereocenters. The molecular formula is C26H29N3O2S. The lowest BCUT2D eigenvalue weighted by Crippen LogP contribution is -2.54. The molecular weight excluding hydrogens is 418 g/mol. The maximum Gasteiger partial charge on any atom is 0.230 e. The fourth-order valence-electron chi connectivity index (χ4n) is 4.65. The molecule has 3 heterocycles. The SMILES string of the molecule is CN(C)C(=O)C1(Cc2cccc(-c3cccs3)c2)CCCN(C(=O)Cc2ccccn2)C1. The number of hydrogen-bond acceptors (Lipinski definition) is 4. The summed E-state index contributed by atoms with van der Waals surface area (Å²) in [7, 11) is 3.61. The van der Waals surface area contributed by atoms with Crippen LogP contribution in [0, 0.1) is 5.41 Å². The number of pyridine rings is 1. The second-order valence-electron chi connectivity index (χ2n) is 8.75. The van der Waals surface area contributed by atoms with E-state index >= 15 is 0 Å². The summed E-state index contributed by atoms with van der Waals surface area (Å²) in [6, 6.07) is 18.2. The number of hydrogen-bond donors (Lipinski definition) is 0. The van der Waals surface area contributed by atoms with Gasteiger partial charge < -0.3 is 9.80 Å². The van der Waals surface area contributed by atoms with E-state index in [0.29, 0.717) is 19.5 Å². The number of likely N-dealkylation sites (tertiary alicyclic amines) is 1. The van der Waals surface area contributed by atoms with E-state index in [-0.39, 0.29) is 18.2 Å². The molecule has 1 aliphatic heterocycles. The number of thiophene rings is 1. The summed E-state index contributed by atoms with van der Waals surface area (Å²) in [5.41, 5.74) is 2.44. The van der Waals surface area contributed by atoms with Gasteiger partial charge >= 0.3 is 0 Å². The third kappa shape index (κ3) is 4.91. The summed E-state index contributed by atoms with van der Waals surface area (Å²) in [6.07, 6.45) is 4.19. The number of piperidine rings is 1. The average Bonchev–Trinajstić information content (AvgIpc) is 3.34. The smallest absolute Gasteiger partial charge is 0.230 e. The van der Waals surface area contributed by atoms with Crippen molar-refractivity contribution in [2.75, 3.05) is 27.2 Å². The van der Waals surface area contributed by atoms with Crippen molar-refractivity contribution < 1.29 is 9.59 Å². The normalized spacial score (nSPS) is 18.4. The topological polar surface area (TPSA) is 53.5 Å². The van der Waals surface area contributed by atoms with Gasteiger partial charge in [-0.2, -0.15) is 0 Å². The Morgan fingerprint density at radius 1 is 1.12 bits per heavy atom. The van der Waals surface area contributed by atoms with Crippen molar-refractivity contribution in [3.63, 3.8) is 0 Å². The van der Waals surface area contributed by atoms with Crippen molar-refractivity contribution in [1.29, 1.82) is 0 Å². The van der Waals surface area contributed by atoms with Crippen LogP contribution >= 0.6 is 11.3 Å². The molecule has 3 aromatic rings. The number of carbonyl (C=O) groups excluding carboxylic acids is 2. The maximum atomic E-state index is 13.4. The summed E-state index contributed by atoms with van der Waals surface area (Å²) >= 11 is 1.71. The Labute approximate surface area is 193 Å². The minimum absolute atomic E-state index is 0.0340. The van der Waals surface area contributed by atoms with Gasteiger partial charge in [-0.1, -0.05) is 36.4 Å². The lowest BCUT2D eigenvalue weighted by Gasteiger charge is -2.43. The minimum Gasteiger partial charge on any atom is -0.348 e. The Morgan fingerprint density at radius 2 is 2.00 bits per heavy atom. The number of carbonyl (C=O) groups is 2. The van der Waals surface area contributed by atoms with Crippen molar-refractivity contribution >= 4 is 23.2 Å². The summed E-state index contributed by atoms with van der Waals surface area (Å²) in [6.45, 7) is 1.13. The van der Waals surface area contributed by atoms with Gasteiger partial charge in [-0.25, -0.2) is 0 Å². The summed E-state index contributed by atoms with van der Waals surface area (Å²) in [4.78, 5) is 35.6. The fraction of sp³-hybridized carbons (Fsp3) is 0.346. The van der Waals surface area contributed by atoms with Gasteiger partial charge in [0.1, 0.15) is 0 Å². The largest absolute Gasteiger partial charge is 0.348 e. The van der Waals surface area contributed by atoms with E-state index < -0.39 is 5.41 Å². The highest BCUT2D eigenvalue weighted by atomic mass is 32.1. The Bertz CT molecular complexity index is 1070. The quantitative estimate of drug-likeness (QED) is 0.566. The van der Waals surface area contributed by atoms with Crippen LogP contribution in [0.5, 0.6) is 0 Å². The third-order valence-electron chi connectivity index (χ3n) is 6.12. The van der Waals surface area contributed by atoms with E-state index in [2.05, 4.69) is 46.8 Å². The van der Waals surface area contributed by atoms with Crippen molar-refractivity contribution in [3.05, 3.63) is 77.4 Å². The van der Waals surface area contributed by atoms with Gasteiger partial charge in [-0.3, -0.25) is 14.6 Å². The highest BCUT2D eigenvalue weighted by Crippen LogP contribution is 2.37. The highest BCUT2D eigenvalue weighted by molar-refractivity contribution is 7.13. The molecule has 1 aliphatic rings. The van der Waals surface area contributed by atoms with E-state index in [1.807, 2.05) is 23.1 Å². The molecule has 166 valence electrons. The molecule has 0 spiro atoms. The molecule has 0 saturated carbocycles. The van der Waals surface area contributed by atoms with E-state index in [0.717, 1.165) is 24.1 Å². The first-order valence-electron chi connectivity index (χ1n) is 11.0. The van der Waals surface area contributed by atoms with Crippen LogP contribution in [0.15, 0.2) is 66.2 Å². The summed E-state index contributed by atoms with van der Waals surface area (Å²) in [5, 5.41) is 2.07. The third-order valence-corrected chi connectivity index (χ3v) is 7.04. The van der Waals surface area contributed by atoms with Gasteiger partial charge in [0.15, 0.2) is 0 Å². The molecule has 2 aromatic heterocycles. The predicted molar refractivity (Wildman–Crippen MR) is 128 cm³/mol. The van der Waals surface area contributed by atoms with E-state index in [1.54, 1.807) is 36.5 Å². The van der Waals surface area contributed by atoms with Crippen LogP contribution in [0.3, 0.4) is 0 Å². The molecule has 1 unspecified atom stereocenters. The van der Waals surface area contributed by atoms with Crippen LogP contribution < -0.4 is 0 Å². The number of amides is 2. The van der Waals surface area contributed by atoms with Gasteiger partial charge in [0.05, 0.1) is 11.8 Å². The number of benzene rings is 1. The molecule has 0 bridgehead atoms. The molecule has 5 nitrogen and oxygen atoms in total. The van der Waals surface area contributed by atoms with Crippen LogP contribution in [-0.2, 0) is 22.4 Å². The molecule has 0 aliphatic carbocycles. The van der Waals surface area contributed by atoms with Crippen LogP contribution in [0.1, 0.15) is 24.1 Å². The van der Waals surface area contributed by atoms with Crippen LogP contribution in [0.2, 0.25) is 0 Å². The lowest BCUT2D eigenvalue weighted by molar-refractivity contribution is -0.147. The van der Waals surface area contributed by atoms with Crippen molar-refractivity contribution in [1.82, 2.24) is 14.8 Å². The molecule has 4 rings (SSSR count). The first-order chi connectivity index (χ1) is 15.5. The monoisotopic (exact) mass is 447 g/mol. The van der Waals surface area contributed by atoms with Crippen molar-refractivity contribution in [2.45, 2.75) is 25.7 Å². The Hall–Kier alpha value is -2.99. The van der Waals surface area contributed by atoms with Gasteiger partial charge in [0.25, 0.3) is 0 Å². The Morgan fingerprint density at radius 3 is 2.72 bits per heavy atom. The van der Waals surface area contributed by atoms with E-state index in [9.17, 15) is 9.59 Å². The number of rotatable bonds is 6. The first-order valence-corrected chi connectivity index (χ1v) is 11.9. The van der Waals surface area contributed by atoms with Crippen LogP contribution in [0.25, 0.3) is 10.4 Å². The number of aromatic nitrogens is 1. The zero-order chi connectivity index (χ0) is 22.6. The maximum absolute atomic E-state index is 13.4. The minimum atomic E-state index is -0.615. The molecule has 1 saturated heterocycles. The molecule has 32 heavy (non-hydrogen) atoms. The van der Waals surface area contributed by atoms with Gasteiger partial charge in [0, 0.05) is 44.0 Å². The number of nitrogens with zero attached hydrogens (tertiary/aromatic N) is 3. The average molecular weight is 448 g/mol. The van der Waals surface area contributed by atoms with Gasteiger partial charge in [0.2, 0.25) is 11.8 Å². The van der Waals surface area contributed by atoms with Gasteiger partial charge in [-0.15, -0.1) is 11.3 Å². The summed E-state index contributed by atoms with van der Waals surface area (Å²) < 4.78 is 0. The van der Waals surface area contributed by atoms with Crippen molar-refractivity contribution in [3.8, 4) is 10.4 Å². The highest BCUT2D eigenvalue weighted by Gasteiger charge is 2.44. The van der Waals surface area contributed by atoms with Crippen LogP contribution in [0.4, 0.5) is 0 Å². The molecule has 1 fully saturated rings. The standard InChI is InChI=1S/C26H29N3O2S/c1-28(2)25(31)26(18-20-8-5-9-21(16-20)23-11-6-15-32-23)12-7-14-29(19-26)24(30)17-22-10-3-4-13-27-22/h3-6,8-11,13,15-16H,7,12,14,17-19H2,1-2H3. The molecule has 6 heteroatoms. The Balaban J connectivity index is 1.58. The zero-order valence-corrected chi connectivity index (χ0v) is 19.5. The van der Waals surface area contributed by atoms with Crippen LogP contribution in [-0.4, -0.2) is 53.8 Å². The van der Waals surface area contributed by atoms with Gasteiger partial charge in [-0.05, 0) is 54.0 Å². The van der Waals surface area contributed by atoms with E-state index in [4.69, 9.17) is 0 Å². The second kappa shape index (κ2) is 9.65. The lowest BCUT2D eigenvalue weighted by atomic mass is 9.73. The van der Waals surface area contributed by atoms with E-state index in [1.165, 1.54) is 10.4 Å². The fourth-order valence-corrected chi connectivity index (χ4v) is 5.37. The summed E-state index contributed by atoms with van der Waals surface area (Å²) in [5.74, 6) is 0.126. The zero-order valence-electron chi connectivity index (χ0n) is 18.7. The first kappa shape index (κ1) is 22.2. The molecule has 1 aromatic carbocycles. The molecule has 2 amide bonds. The van der Waals surface area contributed by atoms with Crippen molar-refractivity contribution in [2.24, 2.45) is 5.41 Å². The second-order valence-corrected chi connectivity index (χ2v) is 9.70. The Kier molecular flexibility index (Phi) is 6.70.